The first-order chi connectivity index (χ1) is 8.95. The van der Waals surface area contributed by atoms with Gasteiger partial charge in [0, 0.05) is 12.7 Å². The summed E-state index contributed by atoms with van der Waals surface area (Å²) in [5.74, 6) is 0. The predicted octanol–water partition coefficient (Wildman–Crippen LogP) is 0.824. The normalized spacial score (nSPS) is 10.9. The first-order valence-corrected chi connectivity index (χ1v) is 7.02. The molecule has 19 heavy (non-hydrogen) atoms. The highest BCUT2D eigenvalue weighted by molar-refractivity contribution is 7.89. The summed E-state index contributed by atoms with van der Waals surface area (Å²) in [5.41, 5.74) is 1.04. The summed E-state index contributed by atoms with van der Waals surface area (Å²) in [6.07, 6.45) is 1.15. The molecular weight excluding hydrogens is 266 g/mol. The second kappa shape index (κ2) is 6.99. The lowest BCUT2D eigenvalue weighted by Gasteiger charge is -2.07. The number of sulfonamides is 1. The Bertz CT molecular complexity index is 573. The van der Waals surface area contributed by atoms with Crippen LogP contribution >= 0.6 is 0 Å². The Labute approximate surface area is 112 Å². The van der Waals surface area contributed by atoms with Gasteiger partial charge in [0.1, 0.15) is 16.7 Å². The first kappa shape index (κ1) is 15.3. The third kappa shape index (κ3) is 5.18. The molecule has 0 aliphatic carbocycles. The maximum Gasteiger partial charge on any atom is 0.242 e. The topological polar surface area (TPSA) is 92.1 Å². The van der Waals surface area contributed by atoms with Gasteiger partial charge in [0.25, 0.3) is 0 Å². The Morgan fingerprint density at radius 2 is 2.32 bits per heavy atom. The van der Waals surface area contributed by atoms with E-state index in [1.54, 1.807) is 0 Å². The van der Waals surface area contributed by atoms with Crippen molar-refractivity contribution in [2.75, 3.05) is 19.8 Å². The van der Waals surface area contributed by atoms with Crippen LogP contribution in [-0.4, -0.2) is 33.2 Å². The fourth-order valence-electron chi connectivity index (χ4n) is 1.18. The van der Waals surface area contributed by atoms with E-state index in [0.717, 1.165) is 11.8 Å². The molecule has 0 aliphatic heterocycles. The van der Waals surface area contributed by atoms with Crippen LogP contribution in [0.15, 0.2) is 35.4 Å². The molecular formula is C12H15N3O3S. The van der Waals surface area contributed by atoms with Crippen LogP contribution in [0.1, 0.15) is 12.6 Å². The summed E-state index contributed by atoms with van der Waals surface area (Å²) in [6.45, 7) is 6.32. The standard InChI is InChI=1S/C12H15N3O3S/c1-10(2)9-18-6-5-15-19(16,17)12-4-3-11(7-13)14-8-12/h3-4,8,15H,1,5-6,9H2,2H3. The molecule has 1 aromatic rings. The number of aromatic nitrogens is 1. The lowest BCUT2D eigenvalue weighted by atomic mass is 10.4. The van der Waals surface area contributed by atoms with Gasteiger partial charge in [-0.1, -0.05) is 12.2 Å². The van der Waals surface area contributed by atoms with Gasteiger partial charge in [-0.2, -0.15) is 5.26 Å². The van der Waals surface area contributed by atoms with Crippen LogP contribution in [0.4, 0.5) is 0 Å². The number of nitriles is 1. The van der Waals surface area contributed by atoms with Crippen molar-refractivity contribution in [1.82, 2.24) is 9.71 Å². The van der Waals surface area contributed by atoms with Gasteiger partial charge in [-0.25, -0.2) is 18.1 Å². The van der Waals surface area contributed by atoms with Crippen molar-refractivity contribution in [2.45, 2.75) is 11.8 Å². The molecule has 0 bridgehead atoms. The van der Waals surface area contributed by atoms with Crippen LogP contribution in [0.2, 0.25) is 0 Å². The summed E-state index contributed by atoms with van der Waals surface area (Å²) in [6, 6.07) is 4.51. The number of rotatable bonds is 7. The maximum atomic E-state index is 11.8. The van der Waals surface area contributed by atoms with Gasteiger partial charge >= 0.3 is 0 Å². The number of nitrogens with zero attached hydrogens (tertiary/aromatic N) is 2. The van der Waals surface area contributed by atoms with Crippen molar-refractivity contribution < 1.29 is 13.2 Å². The largest absolute Gasteiger partial charge is 0.376 e. The van der Waals surface area contributed by atoms with E-state index in [4.69, 9.17) is 10.00 Å². The van der Waals surface area contributed by atoms with Gasteiger partial charge in [0.2, 0.25) is 10.0 Å². The highest BCUT2D eigenvalue weighted by Gasteiger charge is 2.13. The average Bonchev–Trinajstić information content (AvgIpc) is 2.38. The third-order valence-corrected chi connectivity index (χ3v) is 3.49. The minimum absolute atomic E-state index is 0.0198. The van der Waals surface area contributed by atoms with E-state index in [2.05, 4.69) is 16.3 Å². The summed E-state index contributed by atoms with van der Waals surface area (Å²) in [4.78, 5) is 3.73. The summed E-state index contributed by atoms with van der Waals surface area (Å²) >= 11 is 0. The lowest BCUT2D eigenvalue weighted by Crippen LogP contribution is -2.27. The van der Waals surface area contributed by atoms with E-state index in [0.29, 0.717) is 6.61 Å². The van der Waals surface area contributed by atoms with Crippen LogP contribution in [0, 0.1) is 11.3 Å². The van der Waals surface area contributed by atoms with Crippen molar-refractivity contribution in [3.63, 3.8) is 0 Å². The van der Waals surface area contributed by atoms with Crippen LogP contribution in [0.3, 0.4) is 0 Å². The molecule has 0 aliphatic rings. The van der Waals surface area contributed by atoms with Crippen molar-refractivity contribution in [3.8, 4) is 6.07 Å². The number of ether oxygens (including phenoxy) is 1. The summed E-state index contributed by atoms with van der Waals surface area (Å²) in [7, 11) is -3.61. The van der Waals surface area contributed by atoms with E-state index in [-0.39, 0.29) is 23.7 Å². The minimum atomic E-state index is -3.61. The van der Waals surface area contributed by atoms with Gasteiger partial charge in [-0.15, -0.1) is 0 Å². The van der Waals surface area contributed by atoms with Crippen molar-refractivity contribution >= 4 is 10.0 Å². The molecule has 0 aromatic carbocycles. The van der Waals surface area contributed by atoms with Crippen LogP contribution in [-0.2, 0) is 14.8 Å². The van der Waals surface area contributed by atoms with E-state index in [1.165, 1.54) is 12.1 Å². The first-order valence-electron chi connectivity index (χ1n) is 5.53. The fourth-order valence-corrected chi connectivity index (χ4v) is 2.14. The van der Waals surface area contributed by atoms with Crippen LogP contribution in [0.25, 0.3) is 0 Å². The van der Waals surface area contributed by atoms with Crippen molar-refractivity contribution in [3.05, 3.63) is 36.2 Å². The smallest absolute Gasteiger partial charge is 0.242 e. The number of pyridine rings is 1. The van der Waals surface area contributed by atoms with Gasteiger partial charge in [0.05, 0.1) is 13.2 Å². The Kier molecular flexibility index (Phi) is 5.63. The highest BCUT2D eigenvalue weighted by atomic mass is 32.2. The maximum absolute atomic E-state index is 11.8. The molecule has 1 N–H and O–H groups in total. The van der Waals surface area contributed by atoms with E-state index in [9.17, 15) is 8.42 Å². The molecule has 0 amide bonds. The molecule has 0 unspecified atom stereocenters. The second-order valence-electron chi connectivity index (χ2n) is 3.90. The molecule has 6 nitrogen and oxygen atoms in total. The quantitative estimate of drug-likeness (QED) is 0.590. The summed E-state index contributed by atoms with van der Waals surface area (Å²) < 4.78 is 31.2. The van der Waals surface area contributed by atoms with Crippen molar-refractivity contribution in [2.24, 2.45) is 0 Å². The van der Waals surface area contributed by atoms with Crippen LogP contribution < -0.4 is 4.72 Å². The molecule has 0 atom stereocenters. The summed E-state index contributed by atoms with van der Waals surface area (Å²) in [5, 5.41) is 8.58. The Balaban J connectivity index is 2.51. The molecule has 1 aromatic heterocycles. The zero-order valence-electron chi connectivity index (χ0n) is 10.6. The number of hydrogen-bond donors (Lipinski definition) is 1. The van der Waals surface area contributed by atoms with Gasteiger partial charge in [-0.3, -0.25) is 0 Å². The number of hydrogen-bond acceptors (Lipinski definition) is 5. The molecule has 0 spiro atoms. The van der Waals surface area contributed by atoms with E-state index >= 15 is 0 Å². The van der Waals surface area contributed by atoms with Gasteiger partial charge < -0.3 is 4.74 Å². The molecule has 0 saturated carbocycles. The lowest BCUT2D eigenvalue weighted by molar-refractivity contribution is 0.162. The van der Waals surface area contributed by atoms with Crippen LogP contribution in [0.5, 0.6) is 0 Å². The molecule has 0 saturated heterocycles. The minimum Gasteiger partial charge on any atom is -0.376 e. The zero-order chi connectivity index (χ0) is 14.3. The average molecular weight is 281 g/mol. The van der Waals surface area contributed by atoms with E-state index in [1.807, 2.05) is 13.0 Å². The Hall–Kier alpha value is -1.75. The molecule has 102 valence electrons. The SMILES string of the molecule is C=C(C)COCCNS(=O)(=O)c1ccc(C#N)nc1. The highest BCUT2D eigenvalue weighted by Crippen LogP contribution is 2.06. The predicted molar refractivity (Wildman–Crippen MR) is 69.8 cm³/mol. The molecule has 1 heterocycles. The second-order valence-corrected chi connectivity index (χ2v) is 5.67. The fraction of sp³-hybridized carbons (Fsp3) is 0.333. The van der Waals surface area contributed by atoms with E-state index < -0.39 is 10.0 Å². The molecule has 0 fully saturated rings. The third-order valence-electron chi connectivity index (χ3n) is 2.05. The molecule has 1 rings (SSSR count). The van der Waals surface area contributed by atoms with Gasteiger partial charge in [0.15, 0.2) is 0 Å². The molecule has 0 radical (unpaired) electrons. The molecule has 7 heteroatoms. The monoisotopic (exact) mass is 281 g/mol. The Morgan fingerprint density at radius 1 is 1.58 bits per heavy atom. The van der Waals surface area contributed by atoms with Gasteiger partial charge in [-0.05, 0) is 19.1 Å². The zero-order valence-corrected chi connectivity index (χ0v) is 11.4. The Morgan fingerprint density at radius 3 is 2.84 bits per heavy atom. The van der Waals surface area contributed by atoms with Crippen molar-refractivity contribution in [1.29, 1.82) is 5.26 Å². The number of nitrogens with one attached hydrogen (secondary N) is 1.